The summed E-state index contributed by atoms with van der Waals surface area (Å²) in [4.78, 5) is 2.12. The van der Waals surface area contributed by atoms with Gasteiger partial charge in [0, 0.05) is 13.1 Å². The van der Waals surface area contributed by atoms with Crippen molar-refractivity contribution in [3.63, 3.8) is 0 Å². The van der Waals surface area contributed by atoms with Crippen molar-refractivity contribution in [2.45, 2.75) is 20.3 Å². The molecule has 6 nitrogen and oxygen atoms in total. The number of nitriles is 1. The van der Waals surface area contributed by atoms with E-state index in [1.54, 1.807) is 6.07 Å². The first-order valence-electron chi connectivity index (χ1n) is 6.26. The molecule has 2 N–H and O–H groups in total. The second-order valence-corrected chi connectivity index (χ2v) is 4.88. The Kier molecular flexibility index (Phi) is 3.85. The van der Waals surface area contributed by atoms with E-state index in [1.807, 2.05) is 6.07 Å². The van der Waals surface area contributed by atoms with Gasteiger partial charge in [0.25, 0.3) is 0 Å². The molecule has 0 saturated heterocycles. The zero-order chi connectivity index (χ0) is 13.8. The van der Waals surface area contributed by atoms with Crippen LogP contribution in [-0.2, 0) is 0 Å². The predicted octanol–water partition coefficient (Wildman–Crippen LogP) is 2.18. The van der Waals surface area contributed by atoms with Crippen LogP contribution >= 0.6 is 0 Å². The number of nitrogen functional groups attached to an aromatic ring is 1. The molecule has 1 heterocycles. The quantitative estimate of drug-likeness (QED) is 0.827. The van der Waals surface area contributed by atoms with Crippen LogP contribution in [0.2, 0.25) is 0 Å². The minimum atomic E-state index is 0.462. The van der Waals surface area contributed by atoms with Crippen LogP contribution in [0.3, 0.4) is 0 Å². The van der Waals surface area contributed by atoms with E-state index in [0.717, 1.165) is 12.2 Å². The minimum absolute atomic E-state index is 0.462. The number of hydrogen-bond donors (Lipinski definition) is 1. The Bertz CT molecular complexity index is 599. The van der Waals surface area contributed by atoms with Crippen molar-refractivity contribution in [3.8, 4) is 6.07 Å². The first kappa shape index (κ1) is 13.1. The average molecular weight is 259 g/mol. The summed E-state index contributed by atoms with van der Waals surface area (Å²) in [7, 11) is 0. The van der Waals surface area contributed by atoms with Crippen molar-refractivity contribution >= 4 is 22.4 Å². The van der Waals surface area contributed by atoms with Crippen LogP contribution in [0, 0.1) is 17.2 Å². The lowest BCUT2D eigenvalue weighted by molar-refractivity contribution is 0.315. The van der Waals surface area contributed by atoms with Crippen molar-refractivity contribution in [2.75, 3.05) is 23.7 Å². The highest BCUT2D eigenvalue weighted by Gasteiger charge is 2.16. The number of benzene rings is 1. The van der Waals surface area contributed by atoms with Crippen LogP contribution < -0.4 is 10.6 Å². The topological polar surface area (TPSA) is 92.0 Å². The normalized spacial score (nSPS) is 10.8. The second kappa shape index (κ2) is 5.57. The minimum Gasteiger partial charge on any atom is -0.397 e. The molecule has 1 aromatic heterocycles. The van der Waals surface area contributed by atoms with Gasteiger partial charge in [-0.2, -0.15) is 5.26 Å². The van der Waals surface area contributed by atoms with E-state index in [9.17, 15) is 0 Å². The highest BCUT2D eigenvalue weighted by Crippen LogP contribution is 2.28. The molecular weight excluding hydrogens is 242 g/mol. The molecule has 0 amide bonds. The maximum absolute atomic E-state index is 8.77. The fraction of sp³-hybridized carbons (Fsp3) is 0.462. The Balaban J connectivity index is 2.40. The molecule has 19 heavy (non-hydrogen) atoms. The Morgan fingerprint density at radius 3 is 2.79 bits per heavy atom. The summed E-state index contributed by atoms with van der Waals surface area (Å²) in [6.07, 6.45) is 0.462. The van der Waals surface area contributed by atoms with E-state index in [1.165, 1.54) is 0 Å². The van der Waals surface area contributed by atoms with Gasteiger partial charge in [0.05, 0.1) is 23.9 Å². The number of aromatic nitrogens is 2. The standard InChI is InChI=1S/C13H17N5O/c1-9(2)8-18(7-3-6-14)11-5-4-10(15)12-13(11)17-19-16-12/h4-5,9H,3,7-8,15H2,1-2H3. The molecular formula is C13H17N5O. The monoisotopic (exact) mass is 259 g/mol. The zero-order valence-electron chi connectivity index (χ0n) is 11.1. The molecule has 6 heteroatoms. The van der Waals surface area contributed by atoms with Crippen molar-refractivity contribution < 1.29 is 4.63 Å². The van der Waals surface area contributed by atoms with Crippen molar-refractivity contribution in [1.29, 1.82) is 5.26 Å². The largest absolute Gasteiger partial charge is 0.397 e. The third-order valence-electron chi connectivity index (χ3n) is 2.85. The molecule has 0 aliphatic carbocycles. The summed E-state index contributed by atoms with van der Waals surface area (Å²) in [6.45, 7) is 5.76. The summed E-state index contributed by atoms with van der Waals surface area (Å²) in [5.74, 6) is 0.478. The molecule has 0 saturated carbocycles. The summed E-state index contributed by atoms with van der Waals surface area (Å²) < 4.78 is 4.77. The van der Waals surface area contributed by atoms with Gasteiger partial charge in [-0.3, -0.25) is 0 Å². The fourth-order valence-electron chi connectivity index (χ4n) is 2.06. The molecule has 100 valence electrons. The van der Waals surface area contributed by atoms with E-state index >= 15 is 0 Å². The molecule has 0 spiro atoms. The highest BCUT2D eigenvalue weighted by atomic mass is 16.6. The van der Waals surface area contributed by atoms with Gasteiger partial charge in [-0.05, 0) is 28.4 Å². The number of hydrogen-bond acceptors (Lipinski definition) is 6. The fourth-order valence-corrected chi connectivity index (χ4v) is 2.06. The van der Waals surface area contributed by atoms with Gasteiger partial charge in [-0.15, -0.1) is 0 Å². The molecule has 1 aromatic carbocycles. The van der Waals surface area contributed by atoms with Gasteiger partial charge in [0.15, 0.2) is 11.0 Å². The lowest BCUT2D eigenvalue weighted by Gasteiger charge is -2.25. The van der Waals surface area contributed by atoms with Gasteiger partial charge in [-0.25, -0.2) is 4.63 Å². The molecule has 0 aliphatic heterocycles. The first-order chi connectivity index (χ1) is 9.13. The number of nitrogens with zero attached hydrogens (tertiary/aromatic N) is 4. The van der Waals surface area contributed by atoms with Crippen LogP contribution in [0.5, 0.6) is 0 Å². The zero-order valence-corrected chi connectivity index (χ0v) is 11.1. The maximum atomic E-state index is 8.77. The van der Waals surface area contributed by atoms with Crippen LogP contribution in [-0.4, -0.2) is 23.4 Å². The lowest BCUT2D eigenvalue weighted by atomic mass is 10.1. The number of nitrogens with two attached hydrogens (primary N) is 1. The molecule has 0 unspecified atom stereocenters. The van der Waals surface area contributed by atoms with E-state index < -0.39 is 0 Å². The van der Waals surface area contributed by atoms with Crippen LogP contribution in [0.4, 0.5) is 11.4 Å². The summed E-state index contributed by atoms with van der Waals surface area (Å²) in [6, 6.07) is 5.87. The van der Waals surface area contributed by atoms with Gasteiger partial charge in [0.1, 0.15) is 0 Å². The van der Waals surface area contributed by atoms with E-state index in [2.05, 4.69) is 35.1 Å². The van der Waals surface area contributed by atoms with Gasteiger partial charge in [-0.1, -0.05) is 13.8 Å². The van der Waals surface area contributed by atoms with Crippen molar-refractivity contribution in [2.24, 2.45) is 5.92 Å². The van der Waals surface area contributed by atoms with Crippen molar-refractivity contribution in [3.05, 3.63) is 12.1 Å². The second-order valence-electron chi connectivity index (χ2n) is 4.88. The molecule has 0 fully saturated rings. The summed E-state index contributed by atoms with van der Waals surface area (Å²) >= 11 is 0. The molecule has 0 radical (unpaired) electrons. The smallest absolute Gasteiger partial charge is 0.160 e. The van der Waals surface area contributed by atoms with Gasteiger partial charge in [0.2, 0.25) is 0 Å². The van der Waals surface area contributed by atoms with Crippen molar-refractivity contribution in [1.82, 2.24) is 10.3 Å². The third kappa shape index (κ3) is 2.76. The lowest BCUT2D eigenvalue weighted by Crippen LogP contribution is -2.28. The van der Waals surface area contributed by atoms with Crippen LogP contribution in [0.15, 0.2) is 16.8 Å². The Hall–Kier alpha value is -2.29. The average Bonchev–Trinajstić information content (AvgIpc) is 2.85. The molecule has 0 atom stereocenters. The third-order valence-corrected chi connectivity index (χ3v) is 2.85. The molecule has 0 bridgehead atoms. The maximum Gasteiger partial charge on any atom is 0.160 e. The SMILES string of the molecule is CC(C)CN(CCC#N)c1ccc(N)c2nonc12. The van der Waals surface area contributed by atoms with Crippen LogP contribution in [0.1, 0.15) is 20.3 Å². The van der Waals surface area contributed by atoms with Gasteiger partial charge < -0.3 is 10.6 Å². The summed E-state index contributed by atoms with van der Waals surface area (Å²) in [5.41, 5.74) is 8.52. The Morgan fingerprint density at radius 2 is 2.11 bits per heavy atom. The molecule has 2 rings (SSSR count). The first-order valence-corrected chi connectivity index (χ1v) is 6.26. The van der Waals surface area contributed by atoms with Crippen LogP contribution in [0.25, 0.3) is 11.0 Å². The Labute approximate surface area is 111 Å². The number of rotatable bonds is 5. The highest BCUT2D eigenvalue weighted by molar-refractivity contribution is 5.95. The van der Waals surface area contributed by atoms with E-state index in [-0.39, 0.29) is 0 Å². The number of anilines is 2. The molecule has 0 aliphatic rings. The molecule has 2 aromatic rings. The van der Waals surface area contributed by atoms with E-state index in [0.29, 0.717) is 35.6 Å². The Morgan fingerprint density at radius 1 is 1.37 bits per heavy atom. The summed E-state index contributed by atoms with van der Waals surface area (Å²) in [5, 5.41) is 16.5. The number of fused-ring (bicyclic) bond motifs is 1. The predicted molar refractivity (Wildman–Crippen MR) is 73.5 cm³/mol. The van der Waals surface area contributed by atoms with Gasteiger partial charge >= 0.3 is 0 Å². The van der Waals surface area contributed by atoms with E-state index in [4.69, 9.17) is 15.6 Å².